The number of allylic oxidation sites excluding steroid dienone is 2. The number of aliphatic imine (C=N–C) groups is 1. The first-order valence-corrected chi connectivity index (χ1v) is 10.4. The summed E-state index contributed by atoms with van der Waals surface area (Å²) in [6, 6.07) is 7.62. The fourth-order valence-electron chi connectivity index (χ4n) is 5.34. The molecule has 0 radical (unpaired) electrons. The lowest BCUT2D eigenvalue weighted by atomic mass is 9.85. The number of hydrogen-bond acceptors (Lipinski definition) is 4. The zero-order valence-electron chi connectivity index (χ0n) is 16.8. The van der Waals surface area contributed by atoms with E-state index in [1.54, 1.807) is 6.20 Å². The molecule has 1 aromatic heterocycles. The number of carbonyl (C=O) groups is 2. The monoisotopic (exact) mass is 413 g/mol. The topological polar surface area (TPSA) is 94.5 Å². The molecule has 2 atom stereocenters. The van der Waals surface area contributed by atoms with E-state index < -0.39 is 11.8 Å². The molecule has 2 amide bonds. The Bertz CT molecular complexity index is 1320. The number of benzene rings is 1. The van der Waals surface area contributed by atoms with E-state index in [0.717, 1.165) is 28.6 Å². The number of aromatic nitrogens is 1. The van der Waals surface area contributed by atoms with Gasteiger partial charge >= 0.3 is 0 Å². The van der Waals surface area contributed by atoms with E-state index >= 15 is 0 Å². The molecule has 0 saturated carbocycles. The van der Waals surface area contributed by atoms with Crippen molar-refractivity contribution in [3.05, 3.63) is 77.0 Å². The lowest BCUT2D eigenvalue weighted by molar-refractivity contribution is -0.945. The first kappa shape index (κ1) is 18.2. The average molecular weight is 413 g/mol. The molecule has 4 aliphatic rings. The molecule has 4 heterocycles. The van der Waals surface area contributed by atoms with Gasteiger partial charge in [0.15, 0.2) is 6.73 Å². The highest BCUT2D eigenvalue weighted by Crippen LogP contribution is 2.40. The summed E-state index contributed by atoms with van der Waals surface area (Å²) in [7, 11) is 0. The van der Waals surface area contributed by atoms with E-state index in [2.05, 4.69) is 22.5 Å². The summed E-state index contributed by atoms with van der Waals surface area (Å²) >= 11 is 0. The lowest BCUT2D eigenvalue weighted by Gasteiger charge is -2.39. The van der Waals surface area contributed by atoms with Gasteiger partial charge in [-0.1, -0.05) is 36.4 Å². The fourth-order valence-corrected chi connectivity index (χ4v) is 5.34. The predicted octanol–water partition coefficient (Wildman–Crippen LogP) is 1.60. The van der Waals surface area contributed by atoms with E-state index in [1.807, 2.05) is 36.4 Å². The minimum absolute atomic E-state index is 0.00186. The normalized spacial score (nSPS) is 27.1. The number of rotatable bonds is 3. The van der Waals surface area contributed by atoms with Crippen molar-refractivity contribution in [2.75, 3.05) is 26.4 Å². The molecule has 0 saturated heterocycles. The molecule has 2 aromatic rings. The Morgan fingerprint density at radius 1 is 1.16 bits per heavy atom. The SMILES string of the molecule is O=C1NC(=O)C(c2c[nH]c3ccccc23)=C1C1=NCC[N@@+]2(CO)CC=C3C=CC=C1C32. The maximum atomic E-state index is 13.0. The number of quaternary nitrogens is 1. The second-order valence-electron chi connectivity index (χ2n) is 8.37. The van der Waals surface area contributed by atoms with Gasteiger partial charge in [0.05, 0.1) is 23.4 Å². The molecule has 0 fully saturated rings. The molecule has 0 bridgehead atoms. The van der Waals surface area contributed by atoms with Crippen molar-refractivity contribution in [1.29, 1.82) is 0 Å². The number of amides is 2. The number of para-hydroxylation sites is 1. The summed E-state index contributed by atoms with van der Waals surface area (Å²) in [5.41, 5.74) is 4.83. The molecule has 3 N–H and O–H groups in total. The number of H-pyrrole nitrogens is 1. The molecule has 1 aromatic carbocycles. The number of nitrogens with one attached hydrogen (secondary N) is 2. The van der Waals surface area contributed by atoms with Crippen LogP contribution in [-0.2, 0) is 9.59 Å². The summed E-state index contributed by atoms with van der Waals surface area (Å²) in [6.45, 7) is 1.86. The molecule has 154 valence electrons. The van der Waals surface area contributed by atoms with Gasteiger partial charge in [-0.3, -0.25) is 24.4 Å². The van der Waals surface area contributed by atoms with Crippen molar-refractivity contribution in [3.63, 3.8) is 0 Å². The first-order chi connectivity index (χ1) is 15.1. The van der Waals surface area contributed by atoms with E-state index in [9.17, 15) is 14.7 Å². The van der Waals surface area contributed by atoms with Crippen LogP contribution in [-0.4, -0.2) is 64.5 Å². The van der Waals surface area contributed by atoms with Gasteiger partial charge in [0.1, 0.15) is 19.1 Å². The Labute approximate surface area is 178 Å². The van der Waals surface area contributed by atoms with Crippen LogP contribution in [0.4, 0.5) is 0 Å². The van der Waals surface area contributed by atoms with Crippen LogP contribution in [0.2, 0.25) is 0 Å². The van der Waals surface area contributed by atoms with E-state index in [-0.39, 0.29) is 12.8 Å². The number of imide groups is 1. The van der Waals surface area contributed by atoms with Crippen molar-refractivity contribution >= 4 is 34.0 Å². The third kappa shape index (κ3) is 2.44. The van der Waals surface area contributed by atoms with Gasteiger partial charge in [0, 0.05) is 33.8 Å². The summed E-state index contributed by atoms with van der Waals surface area (Å²) in [5.74, 6) is -0.833. The van der Waals surface area contributed by atoms with E-state index in [0.29, 0.717) is 40.0 Å². The smallest absolute Gasteiger partial charge is 0.261 e. The summed E-state index contributed by atoms with van der Waals surface area (Å²) in [5, 5.41) is 13.7. The third-order valence-corrected chi connectivity index (χ3v) is 6.81. The number of carbonyl (C=O) groups excluding carboxylic acids is 2. The molecule has 1 unspecified atom stereocenters. The summed E-state index contributed by atoms with van der Waals surface area (Å²) < 4.78 is 0.476. The number of aliphatic hydroxyl groups is 1. The zero-order valence-corrected chi connectivity index (χ0v) is 16.8. The standard InChI is InChI=1S/C24H20N4O3/c29-13-28-10-8-14-4-3-6-16(22(14)28)21(25-9-11-28)20-19(23(30)27-24(20)31)17-12-26-18-7-2-1-5-15(17)18/h1-8,12,22,29H,9-11,13H2,(H-,25,26,27,30,31)/p+1/t22?,28-/m1/s1. The van der Waals surface area contributed by atoms with Crippen molar-refractivity contribution in [3.8, 4) is 0 Å². The van der Waals surface area contributed by atoms with Gasteiger partial charge in [-0.25, -0.2) is 0 Å². The minimum atomic E-state index is -0.424. The second-order valence-corrected chi connectivity index (χ2v) is 8.37. The van der Waals surface area contributed by atoms with Crippen LogP contribution in [0.1, 0.15) is 5.56 Å². The van der Waals surface area contributed by atoms with Gasteiger partial charge in [0.25, 0.3) is 11.8 Å². The molecular weight excluding hydrogens is 392 g/mol. The van der Waals surface area contributed by atoms with Gasteiger partial charge in [-0.15, -0.1) is 0 Å². The van der Waals surface area contributed by atoms with Crippen LogP contribution in [0.15, 0.2) is 76.5 Å². The van der Waals surface area contributed by atoms with E-state index in [1.165, 1.54) is 0 Å². The molecule has 3 aliphatic heterocycles. The summed E-state index contributed by atoms with van der Waals surface area (Å²) in [6.07, 6.45) is 9.91. The Kier molecular flexibility index (Phi) is 3.81. The van der Waals surface area contributed by atoms with Crippen molar-refractivity contribution in [2.24, 2.45) is 4.99 Å². The number of aliphatic hydroxyl groups excluding tert-OH is 1. The maximum Gasteiger partial charge on any atom is 0.261 e. The molecular formula is C24H21N4O3+. The van der Waals surface area contributed by atoms with Crippen LogP contribution >= 0.6 is 0 Å². The summed E-state index contributed by atoms with van der Waals surface area (Å²) in [4.78, 5) is 34.0. The molecule has 1 aliphatic carbocycles. The lowest BCUT2D eigenvalue weighted by Crippen LogP contribution is -2.55. The second kappa shape index (κ2) is 6.47. The number of fused-ring (bicyclic) bond motifs is 1. The van der Waals surface area contributed by atoms with Crippen LogP contribution in [0.3, 0.4) is 0 Å². The van der Waals surface area contributed by atoms with Gasteiger partial charge in [-0.2, -0.15) is 0 Å². The predicted molar refractivity (Wildman–Crippen MR) is 117 cm³/mol. The van der Waals surface area contributed by atoms with E-state index in [4.69, 9.17) is 4.99 Å². The quantitative estimate of drug-likeness (QED) is 0.527. The molecule has 7 nitrogen and oxygen atoms in total. The van der Waals surface area contributed by atoms with Gasteiger partial charge in [0.2, 0.25) is 0 Å². The van der Waals surface area contributed by atoms with Crippen molar-refractivity contribution in [2.45, 2.75) is 6.04 Å². The Balaban J connectivity index is 1.58. The highest BCUT2D eigenvalue weighted by Gasteiger charge is 2.49. The van der Waals surface area contributed by atoms with Gasteiger partial charge < -0.3 is 10.1 Å². The largest absolute Gasteiger partial charge is 0.361 e. The molecule has 31 heavy (non-hydrogen) atoms. The van der Waals surface area contributed by atoms with Crippen LogP contribution in [0.25, 0.3) is 16.5 Å². The molecule has 6 rings (SSSR count). The van der Waals surface area contributed by atoms with Crippen LogP contribution in [0, 0.1) is 0 Å². The van der Waals surface area contributed by atoms with Crippen molar-refractivity contribution < 1.29 is 19.2 Å². The van der Waals surface area contributed by atoms with Crippen molar-refractivity contribution in [1.82, 2.24) is 10.3 Å². The van der Waals surface area contributed by atoms with Gasteiger partial charge in [-0.05, 0) is 12.1 Å². The Hall–Kier alpha value is -3.55. The Morgan fingerprint density at radius 3 is 2.87 bits per heavy atom. The molecule has 0 spiro atoms. The number of aromatic amines is 1. The molecule has 7 heteroatoms. The number of nitrogens with zero attached hydrogens (tertiary/aromatic N) is 2. The highest BCUT2D eigenvalue weighted by atomic mass is 16.3. The zero-order chi connectivity index (χ0) is 21.2. The average Bonchev–Trinajstić information content (AvgIpc) is 3.41. The Morgan fingerprint density at radius 2 is 2.00 bits per heavy atom. The minimum Gasteiger partial charge on any atom is -0.361 e. The highest BCUT2D eigenvalue weighted by molar-refractivity contribution is 6.48. The van der Waals surface area contributed by atoms with Crippen LogP contribution < -0.4 is 5.32 Å². The third-order valence-electron chi connectivity index (χ3n) is 6.81. The maximum absolute atomic E-state index is 13.0. The fraction of sp³-hybridized carbons (Fsp3) is 0.208. The van der Waals surface area contributed by atoms with Crippen LogP contribution in [0.5, 0.6) is 0 Å². The first-order valence-electron chi connectivity index (χ1n) is 10.4. The number of hydrogen-bond donors (Lipinski definition) is 3.